The maximum Gasteiger partial charge on any atom is 0.270 e. The van der Waals surface area contributed by atoms with Crippen LogP contribution in [0.25, 0.3) is 11.3 Å². The Morgan fingerprint density at radius 3 is 2.69 bits per heavy atom. The molecule has 39 heavy (non-hydrogen) atoms. The highest BCUT2D eigenvalue weighted by molar-refractivity contribution is 7.98. The number of anilines is 2. The lowest BCUT2D eigenvalue weighted by Crippen LogP contribution is -2.35. The topological polar surface area (TPSA) is 107 Å². The Morgan fingerprint density at radius 1 is 1.13 bits per heavy atom. The minimum atomic E-state index is -0.446. The van der Waals surface area contributed by atoms with Crippen molar-refractivity contribution in [2.24, 2.45) is 5.92 Å². The van der Waals surface area contributed by atoms with E-state index in [1.807, 2.05) is 42.7 Å². The summed E-state index contributed by atoms with van der Waals surface area (Å²) in [4.78, 5) is 26.6. The first-order valence-electron chi connectivity index (χ1n) is 12.9. The van der Waals surface area contributed by atoms with Crippen molar-refractivity contribution < 1.29 is 4.74 Å². The van der Waals surface area contributed by atoms with E-state index in [-0.39, 0.29) is 5.56 Å². The van der Waals surface area contributed by atoms with Crippen molar-refractivity contribution in [3.8, 4) is 23.1 Å². The van der Waals surface area contributed by atoms with Crippen molar-refractivity contribution in [1.82, 2.24) is 15.0 Å². The largest absolute Gasteiger partial charge is 0.497 e. The van der Waals surface area contributed by atoms with E-state index in [0.29, 0.717) is 33.8 Å². The first-order valence-corrected chi connectivity index (χ1v) is 13.9. The van der Waals surface area contributed by atoms with E-state index in [4.69, 9.17) is 4.74 Å². The predicted octanol–water partition coefficient (Wildman–Crippen LogP) is 5.33. The summed E-state index contributed by atoms with van der Waals surface area (Å²) in [6.45, 7) is 3.05. The normalized spacial score (nSPS) is 13.6. The number of H-pyrrole nitrogens is 1. The van der Waals surface area contributed by atoms with Crippen molar-refractivity contribution in [3.63, 3.8) is 0 Å². The van der Waals surface area contributed by atoms with Gasteiger partial charge in [-0.05, 0) is 60.7 Å². The molecule has 0 saturated carbocycles. The Kier molecular flexibility index (Phi) is 8.44. The number of hydrogen-bond acceptors (Lipinski definition) is 8. The fourth-order valence-corrected chi connectivity index (χ4v) is 5.54. The Balaban J connectivity index is 1.20. The number of piperidine rings is 1. The fraction of sp³-hybridized carbons (Fsp3) is 0.267. The van der Waals surface area contributed by atoms with Gasteiger partial charge in [0, 0.05) is 54.7 Å². The van der Waals surface area contributed by atoms with Crippen LogP contribution in [0.2, 0.25) is 0 Å². The van der Waals surface area contributed by atoms with Gasteiger partial charge in [0.1, 0.15) is 17.4 Å². The van der Waals surface area contributed by atoms with Crippen molar-refractivity contribution in [2.75, 3.05) is 37.0 Å². The number of benzene rings is 2. The van der Waals surface area contributed by atoms with Crippen LogP contribution in [0.1, 0.15) is 24.0 Å². The van der Waals surface area contributed by atoms with E-state index in [2.05, 4.69) is 55.5 Å². The maximum atomic E-state index is 12.6. The van der Waals surface area contributed by atoms with Gasteiger partial charge >= 0.3 is 0 Å². The highest BCUT2D eigenvalue weighted by atomic mass is 32.2. The lowest BCUT2D eigenvalue weighted by Gasteiger charge is -2.33. The van der Waals surface area contributed by atoms with Crippen LogP contribution in [0.3, 0.4) is 0 Å². The minimum absolute atomic E-state index is 0.00888. The molecule has 0 bridgehead atoms. The van der Waals surface area contributed by atoms with E-state index in [1.165, 1.54) is 17.4 Å². The zero-order valence-electron chi connectivity index (χ0n) is 21.8. The molecule has 2 aromatic heterocycles. The predicted molar refractivity (Wildman–Crippen MR) is 155 cm³/mol. The minimum Gasteiger partial charge on any atom is -0.497 e. The summed E-state index contributed by atoms with van der Waals surface area (Å²) in [5.41, 5.74) is 4.01. The molecule has 4 aromatic rings. The second-order valence-corrected chi connectivity index (χ2v) is 10.4. The summed E-state index contributed by atoms with van der Waals surface area (Å²) in [6.07, 6.45) is 6.00. The van der Waals surface area contributed by atoms with E-state index in [1.54, 1.807) is 13.2 Å². The van der Waals surface area contributed by atoms with Gasteiger partial charge < -0.3 is 19.9 Å². The van der Waals surface area contributed by atoms with Gasteiger partial charge in [0.25, 0.3) is 5.56 Å². The highest BCUT2D eigenvalue weighted by Gasteiger charge is 2.19. The standard InChI is InChI=1S/C30H30N6O2S/c1-38-26-7-3-5-23(17-26)28-27(18-31)29(37)35-30(34-28)39-20-22-4-2-6-24(16-22)33-19-21-10-14-36(15-11-21)25-8-12-32-13-9-25/h2-9,12-13,16-17,21,33H,10-11,14-15,19-20H2,1H3,(H,34,35,37). The summed E-state index contributed by atoms with van der Waals surface area (Å²) < 4.78 is 5.30. The van der Waals surface area contributed by atoms with Crippen LogP contribution >= 0.6 is 11.8 Å². The van der Waals surface area contributed by atoms with Gasteiger partial charge in [0.15, 0.2) is 5.16 Å². The van der Waals surface area contributed by atoms with Crippen LogP contribution in [0, 0.1) is 17.2 Å². The molecule has 1 aliphatic rings. The Hall–Kier alpha value is -4.29. The number of thioether (sulfide) groups is 1. The number of ether oxygens (including phenoxy) is 1. The van der Waals surface area contributed by atoms with Gasteiger partial charge in [-0.3, -0.25) is 9.78 Å². The van der Waals surface area contributed by atoms with E-state index >= 15 is 0 Å². The quantitative estimate of drug-likeness (QED) is 0.217. The molecule has 0 atom stereocenters. The SMILES string of the molecule is COc1cccc(-c2nc(SCc3cccc(NCC4CCN(c5ccncc5)CC4)c3)[nH]c(=O)c2C#N)c1. The van der Waals surface area contributed by atoms with Crippen molar-refractivity contribution >= 4 is 23.1 Å². The monoisotopic (exact) mass is 538 g/mol. The molecular weight excluding hydrogens is 508 g/mol. The number of nitriles is 1. The lowest BCUT2D eigenvalue weighted by atomic mass is 9.96. The third-order valence-corrected chi connectivity index (χ3v) is 7.84. The molecule has 2 N–H and O–H groups in total. The van der Waals surface area contributed by atoms with Crippen molar-refractivity contribution in [1.29, 1.82) is 5.26 Å². The number of methoxy groups -OCH3 is 1. The van der Waals surface area contributed by atoms with Crippen LogP contribution < -0.4 is 20.5 Å². The summed E-state index contributed by atoms with van der Waals surface area (Å²) in [5, 5.41) is 13.6. The van der Waals surface area contributed by atoms with E-state index in [9.17, 15) is 10.1 Å². The molecule has 2 aromatic carbocycles. The molecule has 198 valence electrons. The van der Waals surface area contributed by atoms with Crippen LogP contribution in [0.5, 0.6) is 5.75 Å². The van der Waals surface area contributed by atoms with E-state index in [0.717, 1.165) is 43.7 Å². The van der Waals surface area contributed by atoms with Crippen molar-refractivity contribution in [2.45, 2.75) is 23.8 Å². The summed E-state index contributed by atoms with van der Waals surface area (Å²) in [5.74, 6) is 1.90. The molecule has 1 fully saturated rings. The first-order chi connectivity index (χ1) is 19.1. The van der Waals surface area contributed by atoms with E-state index < -0.39 is 5.56 Å². The molecule has 8 nitrogen and oxygen atoms in total. The number of nitrogens with one attached hydrogen (secondary N) is 2. The van der Waals surface area contributed by atoms with Gasteiger partial charge in [-0.25, -0.2) is 4.98 Å². The number of nitrogens with zero attached hydrogens (tertiary/aromatic N) is 4. The molecule has 1 saturated heterocycles. The Labute approximate surface area is 232 Å². The number of aromatic amines is 1. The second kappa shape index (κ2) is 12.5. The van der Waals surface area contributed by atoms with Gasteiger partial charge in [-0.15, -0.1) is 0 Å². The van der Waals surface area contributed by atoms with Gasteiger partial charge in [-0.2, -0.15) is 5.26 Å². The molecule has 3 heterocycles. The summed E-state index contributed by atoms with van der Waals surface area (Å²) in [6, 6.07) is 21.7. The number of rotatable bonds is 9. The lowest BCUT2D eigenvalue weighted by molar-refractivity contribution is 0.415. The van der Waals surface area contributed by atoms with Gasteiger partial charge in [0.05, 0.1) is 12.8 Å². The second-order valence-electron chi connectivity index (χ2n) is 9.44. The van der Waals surface area contributed by atoms with Gasteiger partial charge in [-0.1, -0.05) is 36.0 Å². The zero-order valence-corrected chi connectivity index (χ0v) is 22.6. The molecule has 9 heteroatoms. The molecule has 0 radical (unpaired) electrons. The average molecular weight is 539 g/mol. The molecule has 0 aliphatic carbocycles. The van der Waals surface area contributed by atoms with Crippen LogP contribution in [0.4, 0.5) is 11.4 Å². The maximum absolute atomic E-state index is 12.6. The van der Waals surface area contributed by atoms with Crippen LogP contribution in [-0.4, -0.2) is 41.7 Å². The number of hydrogen-bond donors (Lipinski definition) is 2. The highest BCUT2D eigenvalue weighted by Crippen LogP contribution is 2.28. The average Bonchev–Trinajstić information content (AvgIpc) is 2.99. The fourth-order valence-electron chi connectivity index (χ4n) is 4.74. The summed E-state index contributed by atoms with van der Waals surface area (Å²) >= 11 is 1.43. The third kappa shape index (κ3) is 6.59. The molecular formula is C30H30N6O2S. The van der Waals surface area contributed by atoms with Crippen LogP contribution in [-0.2, 0) is 5.75 Å². The molecule has 0 unspecified atom stereocenters. The van der Waals surface area contributed by atoms with Crippen molar-refractivity contribution in [3.05, 3.63) is 94.5 Å². The molecule has 5 rings (SSSR count). The molecule has 1 aliphatic heterocycles. The molecule has 0 amide bonds. The number of pyridine rings is 1. The Bertz CT molecular complexity index is 1510. The van der Waals surface area contributed by atoms with Gasteiger partial charge in [0.2, 0.25) is 0 Å². The smallest absolute Gasteiger partial charge is 0.270 e. The Morgan fingerprint density at radius 2 is 1.92 bits per heavy atom. The summed E-state index contributed by atoms with van der Waals surface area (Å²) in [7, 11) is 1.58. The van der Waals surface area contributed by atoms with Crippen LogP contribution in [0.15, 0.2) is 83.0 Å². The first kappa shape index (κ1) is 26.3. The number of aromatic nitrogens is 3. The third-order valence-electron chi connectivity index (χ3n) is 6.89. The molecule has 0 spiro atoms. The zero-order chi connectivity index (χ0) is 27.0.